The van der Waals surface area contributed by atoms with E-state index in [1.54, 1.807) is 6.92 Å². The van der Waals surface area contributed by atoms with Crippen molar-refractivity contribution in [3.8, 4) is 11.1 Å². The fourth-order valence-electron chi connectivity index (χ4n) is 5.29. The van der Waals surface area contributed by atoms with E-state index in [0.717, 1.165) is 35.1 Å². The van der Waals surface area contributed by atoms with E-state index in [0.29, 0.717) is 12.8 Å². The molecule has 8 heteroatoms. The first kappa shape index (κ1) is 24.7. The molecule has 35 heavy (non-hydrogen) atoms. The minimum Gasteiger partial charge on any atom is -0.479 e. The largest absolute Gasteiger partial charge is 0.479 e. The van der Waals surface area contributed by atoms with Crippen molar-refractivity contribution < 1.29 is 29.3 Å². The van der Waals surface area contributed by atoms with Gasteiger partial charge in [-0.2, -0.15) is 0 Å². The van der Waals surface area contributed by atoms with Gasteiger partial charge in [0, 0.05) is 5.92 Å². The third kappa shape index (κ3) is 4.75. The van der Waals surface area contributed by atoms with Gasteiger partial charge in [0.05, 0.1) is 18.1 Å². The van der Waals surface area contributed by atoms with Gasteiger partial charge in [0.25, 0.3) is 0 Å². The van der Waals surface area contributed by atoms with Crippen LogP contribution in [-0.2, 0) is 14.3 Å². The Bertz CT molecular complexity index is 1090. The van der Waals surface area contributed by atoms with Crippen LogP contribution in [0.15, 0.2) is 48.5 Å². The van der Waals surface area contributed by atoms with E-state index in [-0.39, 0.29) is 12.5 Å². The average molecular weight is 481 g/mol. The number of rotatable bonds is 7. The Kier molecular flexibility index (Phi) is 6.85. The highest BCUT2D eigenvalue weighted by atomic mass is 16.5. The quantitative estimate of drug-likeness (QED) is 0.481. The lowest BCUT2D eigenvalue weighted by Gasteiger charge is -2.41. The van der Waals surface area contributed by atoms with Crippen LogP contribution in [-0.4, -0.2) is 52.5 Å². The van der Waals surface area contributed by atoms with Crippen molar-refractivity contribution in [1.29, 1.82) is 0 Å². The van der Waals surface area contributed by atoms with Crippen molar-refractivity contribution in [1.82, 2.24) is 10.6 Å². The second kappa shape index (κ2) is 9.70. The molecule has 2 aromatic rings. The number of alkyl carbamates (subject to hydrolysis) is 1. The summed E-state index contributed by atoms with van der Waals surface area (Å²) in [5, 5.41) is 24.3. The molecule has 1 fully saturated rings. The van der Waals surface area contributed by atoms with Crippen LogP contribution in [0.2, 0.25) is 0 Å². The van der Waals surface area contributed by atoms with Gasteiger partial charge in [0.15, 0.2) is 5.54 Å². The van der Waals surface area contributed by atoms with Crippen LogP contribution in [0, 0.1) is 5.92 Å². The maximum Gasteiger partial charge on any atom is 0.407 e. The lowest BCUT2D eigenvalue weighted by molar-refractivity contribution is -0.150. The summed E-state index contributed by atoms with van der Waals surface area (Å²) in [6.07, 6.45) is 2.03. The maximum absolute atomic E-state index is 13.0. The number of nitrogens with one attached hydrogen (secondary N) is 2. The number of carboxylic acids is 1. The molecule has 8 nitrogen and oxygen atoms in total. The summed E-state index contributed by atoms with van der Waals surface area (Å²) in [4.78, 5) is 37.5. The fraction of sp³-hybridized carbons (Fsp3) is 0.444. The molecule has 3 atom stereocenters. The zero-order chi connectivity index (χ0) is 25.2. The molecule has 1 saturated carbocycles. The molecule has 0 aliphatic heterocycles. The molecular formula is C27H32N2O6. The Hall–Kier alpha value is -3.39. The van der Waals surface area contributed by atoms with Gasteiger partial charge < -0.3 is 25.6 Å². The zero-order valence-corrected chi connectivity index (χ0v) is 20.0. The van der Waals surface area contributed by atoms with Crippen LogP contribution in [0.5, 0.6) is 0 Å². The molecule has 0 aromatic heterocycles. The first-order valence-corrected chi connectivity index (χ1v) is 12.0. The molecule has 2 amide bonds. The molecule has 3 unspecified atom stereocenters. The molecule has 4 N–H and O–H groups in total. The lowest BCUT2D eigenvalue weighted by atomic mass is 9.73. The summed E-state index contributed by atoms with van der Waals surface area (Å²) in [5.74, 6) is -2.56. The number of hydrogen-bond acceptors (Lipinski definition) is 5. The number of fused-ring (bicyclic) bond motifs is 3. The molecule has 0 bridgehead atoms. The summed E-state index contributed by atoms with van der Waals surface area (Å²) in [7, 11) is 0. The third-order valence-corrected chi connectivity index (χ3v) is 7.44. The number of aliphatic hydroxyl groups excluding tert-OH is 1. The molecule has 2 aliphatic carbocycles. The van der Waals surface area contributed by atoms with Crippen molar-refractivity contribution in [2.45, 2.75) is 56.5 Å². The van der Waals surface area contributed by atoms with Crippen molar-refractivity contribution in [2.24, 2.45) is 5.92 Å². The highest BCUT2D eigenvalue weighted by Gasteiger charge is 2.45. The first-order valence-electron chi connectivity index (χ1n) is 12.0. The minimum absolute atomic E-state index is 0.0766. The Labute approximate surface area is 204 Å². The van der Waals surface area contributed by atoms with E-state index in [1.165, 1.54) is 6.92 Å². The number of aliphatic carboxylic acids is 1. The topological polar surface area (TPSA) is 125 Å². The van der Waals surface area contributed by atoms with Crippen LogP contribution >= 0.6 is 0 Å². The second-order valence-electron chi connectivity index (χ2n) is 9.95. The lowest BCUT2D eigenvalue weighted by Crippen LogP contribution is -2.62. The Morgan fingerprint density at radius 2 is 1.66 bits per heavy atom. The molecule has 0 radical (unpaired) electrons. The normalized spacial score (nSPS) is 22.9. The second-order valence-corrected chi connectivity index (χ2v) is 9.95. The van der Waals surface area contributed by atoms with Gasteiger partial charge in [-0.05, 0) is 48.9 Å². The number of carbonyl (C=O) groups excluding carboxylic acids is 2. The van der Waals surface area contributed by atoms with Crippen molar-refractivity contribution >= 4 is 18.0 Å². The van der Waals surface area contributed by atoms with Crippen LogP contribution in [0.25, 0.3) is 11.1 Å². The molecule has 186 valence electrons. The van der Waals surface area contributed by atoms with Crippen LogP contribution < -0.4 is 10.6 Å². The molecule has 0 spiro atoms. The summed E-state index contributed by atoms with van der Waals surface area (Å²) in [5.41, 5.74) is 1.80. The molecule has 2 aromatic carbocycles. The van der Waals surface area contributed by atoms with Crippen LogP contribution in [0.4, 0.5) is 4.79 Å². The van der Waals surface area contributed by atoms with E-state index in [4.69, 9.17) is 4.74 Å². The number of benzene rings is 2. The fourth-order valence-corrected chi connectivity index (χ4v) is 5.29. The van der Waals surface area contributed by atoms with E-state index >= 15 is 0 Å². The number of carboxylic acid groups (broad SMARTS) is 1. The van der Waals surface area contributed by atoms with Crippen molar-refractivity contribution in [2.75, 3.05) is 13.2 Å². The Morgan fingerprint density at radius 1 is 1.06 bits per heavy atom. The smallest absolute Gasteiger partial charge is 0.407 e. The van der Waals surface area contributed by atoms with Gasteiger partial charge in [-0.3, -0.25) is 4.79 Å². The SMILES string of the molecule is CC(CO)(NC(=O)C1CCCCC1(C)NC(=O)OCC1c2ccccc2-c2ccccc21)C(=O)O. The van der Waals surface area contributed by atoms with Crippen molar-refractivity contribution in [3.63, 3.8) is 0 Å². The maximum atomic E-state index is 13.0. The minimum atomic E-state index is -1.79. The summed E-state index contributed by atoms with van der Waals surface area (Å²) >= 11 is 0. The number of ether oxygens (including phenoxy) is 1. The number of aliphatic hydroxyl groups is 1. The molecule has 4 rings (SSSR count). The van der Waals surface area contributed by atoms with Crippen LogP contribution in [0.3, 0.4) is 0 Å². The summed E-state index contributed by atoms with van der Waals surface area (Å²) < 4.78 is 5.68. The van der Waals surface area contributed by atoms with E-state index in [2.05, 4.69) is 22.8 Å². The van der Waals surface area contributed by atoms with Gasteiger partial charge in [-0.25, -0.2) is 9.59 Å². The molecule has 0 heterocycles. The average Bonchev–Trinajstić information content (AvgIpc) is 3.16. The predicted octanol–water partition coefficient (Wildman–Crippen LogP) is 3.43. The summed E-state index contributed by atoms with van der Waals surface area (Å²) in [6, 6.07) is 16.2. The van der Waals surface area contributed by atoms with Gasteiger partial charge in [0.1, 0.15) is 6.61 Å². The molecule has 2 aliphatic rings. The van der Waals surface area contributed by atoms with E-state index < -0.39 is 41.6 Å². The zero-order valence-electron chi connectivity index (χ0n) is 20.0. The number of carbonyl (C=O) groups is 3. The van der Waals surface area contributed by atoms with Gasteiger partial charge in [0.2, 0.25) is 5.91 Å². The van der Waals surface area contributed by atoms with Crippen LogP contribution in [0.1, 0.15) is 56.6 Å². The third-order valence-electron chi connectivity index (χ3n) is 7.44. The molecular weight excluding hydrogens is 448 g/mol. The van der Waals surface area contributed by atoms with E-state index in [1.807, 2.05) is 36.4 Å². The summed E-state index contributed by atoms with van der Waals surface area (Å²) in [6.45, 7) is 2.47. The standard InChI is InChI=1S/C27H32N2O6/c1-26(14-8-7-13-22(26)23(31)28-27(2,16-30)24(32)33)29-25(34)35-15-21-19-11-5-3-9-17(19)18-10-4-6-12-20(18)21/h3-6,9-12,21-22,30H,7-8,13-16H2,1-2H3,(H,28,31)(H,29,34)(H,32,33). The van der Waals surface area contributed by atoms with Gasteiger partial charge >= 0.3 is 12.1 Å². The Morgan fingerprint density at radius 3 is 2.23 bits per heavy atom. The van der Waals surface area contributed by atoms with Gasteiger partial charge in [-0.15, -0.1) is 0 Å². The van der Waals surface area contributed by atoms with E-state index in [9.17, 15) is 24.6 Å². The molecule has 0 saturated heterocycles. The number of hydrogen-bond donors (Lipinski definition) is 4. The highest BCUT2D eigenvalue weighted by Crippen LogP contribution is 2.44. The number of amides is 2. The first-order chi connectivity index (χ1) is 16.7. The predicted molar refractivity (Wildman–Crippen MR) is 130 cm³/mol. The van der Waals surface area contributed by atoms with Gasteiger partial charge in [-0.1, -0.05) is 61.4 Å². The van der Waals surface area contributed by atoms with Crippen molar-refractivity contribution in [3.05, 3.63) is 59.7 Å². The Balaban J connectivity index is 1.45. The highest BCUT2D eigenvalue weighted by molar-refractivity contribution is 5.89. The monoisotopic (exact) mass is 480 g/mol.